The van der Waals surface area contributed by atoms with Gasteiger partial charge in [0, 0.05) is 37.8 Å². The highest BCUT2D eigenvalue weighted by Crippen LogP contribution is 2.32. The first kappa shape index (κ1) is 15.6. The summed E-state index contributed by atoms with van der Waals surface area (Å²) in [5.74, 6) is 3.16. The molecule has 122 valence electrons. The number of benzene rings is 1. The zero-order valence-electron chi connectivity index (χ0n) is 13.8. The fraction of sp³-hybridized carbons (Fsp3) is 0.412. The van der Waals surface area contributed by atoms with Gasteiger partial charge in [-0.1, -0.05) is 0 Å². The predicted octanol–water partition coefficient (Wildman–Crippen LogP) is 1.88. The Morgan fingerprint density at radius 2 is 1.74 bits per heavy atom. The lowest BCUT2D eigenvalue weighted by atomic mass is 10.1. The smallest absolute Gasteiger partial charge is 0.161 e. The molecule has 2 aromatic rings. The highest BCUT2D eigenvalue weighted by atomic mass is 16.5. The van der Waals surface area contributed by atoms with E-state index in [4.69, 9.17) is 9.47 Å². The third-order valence-electron chi connectivity index (χ3n) is 3.94. The fourth-order valence-corrected chi connectivity index (χ4v) is 2.75. The summed E-state index contributed by atoms with van der Waals surface area (Å²) in [6.45, 7) is 5.81. The van der Waals surface area contributed by atoms with Gasteiger partial charge < -0.3 is 19.7 Å². The second kappa shape index (κ2) is 6.83. The summed E-state index contributed by atoms with van der Waals surface area (Å²) in [5.41, 5.74) is 1.89. The Kier molecular flexibility index (Phi) is 4.62. The van der Waals surface area contributed by atoms with Gasteiger partial charge in [-0.05, 0) is 25.1 Å². The monoisotopic (exact) mass is 314 g/mol. The number of hydrogen-bond donors (Lipinski definition) is 1. The SMILES string of the molecule is COc1ccc(-c2cc(N3CCNCC3)nc(C)n2)cc1OC. The standard InChI is InChI=1S/C17H22N4O2/c1-12-19-14(11-17(20-12)21-8-6-18-7-9-21)13-4-5-15(22-2)16(10-13)23-3/h4-5,10-11,18H,6-9H2,1-3H3. The van der Waals surface area contributed by atoms with Crippen LogP contribution in [0.1, 0.15) is 5.82 Å². The number of piperazine rings is 1. The summed E-state index contributed by atoms with van der Waals surface area (Å²) in [6, 6.07) is 7.88. The highest BCUT2D eigenvalue weighted by Gasteiger charge is 2.15. The van der Waals surface area contributed by atoms with E-state index in [-0.39, 0.29) is 0 Å². The molecule has 1 aromatic heterocycles. The second-order valence-electron chi connectivity index (χ2n) is 5.47. The number of aryl methyl sites for hydroxylation is 1. The number of anilines is 1. The van der Waals surface area contributed by atoms with Crippen molar-refractivity contribution in [3.63, 3.8) is 0 Å². The van der Waals surface area contributed by atoms with Crippen LogP contribution in [0.3, 0.4) is 0 Å². The maximum atomic E-state index is 5.39. The first-order valence-electron chi connectivity index (χ1n) is 7.75. The molecule has 1 aromatic carbocycles. The van der Waals surface area contributed by atoms with Crippen LogP contribution in [-0.4, -0.2) is 50.4 Å². The van der Waals surface area contributed by atoms with Gasteiger partial charge in [-0.15, -0.1) is 0 Å². The van der Waals surface area contributed by atoms with Gasteiger partial charge >= 0.3 is 0 Å². The minimum Gasteiger partial charge on any atom is -0.493 e. The van der Waals surface area contributed by atoms with Crippen LogP contribution < -0.4 is 19.7 Å². The third-order valence-corrected chi connectivity index (χ3v) is 3.94. The van der Waals surface area contributed by atoms with Gasteiger partial charge in [-0.2, -0.15) is 0 Å². The summed E-state index contributed by atoms with van der Waals surface area (Å²) >= 11 is 0. The summed E-state index contributed by atoms with van der Waals surface area (Å²) < 4.78 is 10.7. The van der Waals surface area contributed by atoms with Gasteiger partial charge in [0.05, 0.1) is 19.9 Å². The molecule has 3 rings (SSSR count). The Bertz CT molecular complexity index is 684. The molecule has 0 radical (unpaired) electrons. The van der Waals surface area contributed by atoms with Crippen molar-refractivity contribution in [1.29, 1.82) is 0 Å². The van der Waals surface area contributed by atoms with Crippen LogP contribution in [0.15, 0.2) is 24.3 Å². The van der Waals surface area contributed by atoms with Crippen molar-refractivity contribution in [2.24, 2.45) is 0 Å². The van der Waals surface area contributed by atoms with Gasteiger partial charge in [0.1, 0.15) is 11.6 Å². The van der Waals surface area contributed by atoms with Crippen molar-refractivity contribution in [2.45, 2.75) is 6.92 Å². The number of nitrogens with one attached hydrogen (secondary N) is 1. The summed E-state index contributed by atoms with van der Waals surface area (Å²) in [5, 5.41) is 3.36. The van der Waals surface area contributed by atoms with Crippen LogP contribution in [0, 0.1) is 6.92 Å². The van der Waals surface area contributed by atoms with Crippen molar-refractivity contribution in [1.82, 2.24) is 15.3 Å². The molecule has 0 saturated carbocycles. The zero-order chi connectivity index (χ0) is 16.2. The van der Waals surface area contributed by atoms with Crippen molar-refractivity contribution in [2.75, 3.05) is 45.3 Å². The van der Waals surface area contributed by atoms with Crippen LogP contribution in [0.2, 0.25) is 0 Å². The molecule has 1 fully saturated rings. The molecule has 0 unspecified atom stereocenters. The van der Waals surface area contributed by atoms with Crippen molar-refractivity contribution in [3.8, 4) is 22.8 Å². The molecule has 1 aliphatic rings. The Morgan fingerprint density at radius 3 is 2.43 bits per heavy atom. The average molecular weight is 314 g/mol. The normalized spacial score (nSPS) is 14.7. The molecule has 0 amide bonds. The average Bonchev–Trinajstić information content (AvgIpc) is 2.61. The molecular formula is C17H22N4O2. The van der Waals surface area contributed by atoms with Crippen molar-refractivity contribution < 1.29 is 9.47 Å². The number of aromatic nitrogens is 2. The van der Waals surface area contributed by atoms with Gasteiger partial charge in [-0.3, -0.25) is 0 Å². The molecule has 2 heterocycles. The third kappa shape index (κ3) is 3.37. The van der Waals surface area contributed by atoms with E-state index >= 15 is 0 Å². The number of methoxy groups -OCH3 is 2. The van der Waals surface area contributed by atoms with E-state index in [9.17, 15) is 0 Å². The molecular weight excluding hydrogens is 292 g/mol. The van der Waals surface area contributed by atoms with E-state index in [0.717, 1.165) is 49.1 Å². The molecule has 0 aliphatic carbocycles. The lowest BCUT2D eigenvalue weighted by Crippen LogP contribution is -2.44. The van der Waals surface area contributed by atoms with Crippen LogP contribution in [0.25, 0.3) is 11.3 Å². The Balaban J connectivity index is 1.97. The van der Waals surface area contributed by atoms with Crippen LogP contribution in [0.4, 0.5) is 5.82 Å². The van der Waals surface area contributed by atoms with E-state index < -0.39 is 0 Å². The number of rotatable bonds is 4. The Labute approximate surface area is 136 Å². The first-order valence-corrected chi connectivity index (χ1v) is 7.75. The predicted molar refractivity (Wildman–Crippen MR) is 90.4 cm³/mol. The highest BCUT2D eigenvalue weighted by molar-refractivity contribution is 5.66. The van der Waals surface area contributed by atoms with Crippen LogP contribution in [0.5, 0.6) is 11.5 Å². The molecule has 0 bridgehead atoms. The van der Waals surface area contributed by atoms with Gasteiger partial charge in [0.25, 0.3) is 0 Å². The molecule has 6 nitrogen and oxygen atoms in total. The van der Waals surface area contributed by atoms with E-state index in [1.54, 1.807) is 14.2 Å². The van der Waals surface area contributed by atoms with E-state index in [1.807, 2.05) is 31.2 Å². The number of ether oxygens (including phenoxy) is 2. The van der Waals surface area contributed by atoms with Gasteiger partial charge in [0.15, 0.2) is 11.5 Å². The topological polar surface area (TPSA) is 59.5 Å². The van der Waals surface area contributed by atoms with Crippen LogP contribution in [-0.2, 0) is 0 Å². The fourth-order valence-electron chi connectivity index (χ4n) is 2.75. The largest absolute Gasteiger partial charge is 0.493 e. The van der Waals surface area contributed by atoms with Crippen molar-refractivity contribution in [3.05, 3.63) is 30.1 Å². The maximum Gasteiger partial charge on any atom is 0.161 e. The summed E-state index contributed by atoms with van der Waals surface area (Å²) in [4.78, 5) is 11.5. The van der Waals surface area contributed by atoms with E-state index in [0.29, 0.717) is 11.5 Å². The van der Waals surface area contributed by atoms with E-state index in [2.05, 4.69) is 20.2 Å². The number of hydrogen-bond acceptors (Lipinski definition) is 6. The van der Waals surface area contributed by atoms with E-state index in [1.165, 1.54) is 0 Å². The zero-order valence-corrected chi connectivity index (χ0v) is 13.8. The first-order chi connectivity index (χ1) is 11.2. The lowest BCUT2D eigenvalue weighted by molar-refractivity contribution is 0.355. The summed E-state index contributed by atoms with van der Waals surface area (Å²) in [7, 11) is 3.27. The quantitative estimate of drug-likeness (QED) is 0.930. The number of nitrogens with zero attached hydrogens (tertiary/aromatic N) is 3. The molecule has 0 atom stereocenters. The molecule has 0 spiro atoms. The molecule has 23 heavy (non-hydrogen) atoms. The van der Waals surface area contributed by atoms with Gasteiger partial charge in [0.2, 0.25) is 0 Å². The summed E-state index contributed by atoms with van der Waals surface area (Å²) in [6.07, 6.45) is 0. The molecule has 6 heteroatoms. The maximum absolute atomic E-state index is 5.39. The lowest BCUT2D eigenvalue weighted by Gasteiger charge is -2.28. The Hall–Kier alpha value is -2.34. The van der Waals surface area contributed by atoms with Crippen molar-refractivity contribution >= 4 is 5.82 Å². The minimum absolute atomic E-state index is 0.699. The van der Waals surface area contributed by atoms with Gasteiger partial charge in [-0.25, -0.2) is 9.97 Å². The molecule has 1 saturated heterocycles. The minimum atomic E-state index is 0.699. The molecule has 1 aliphatic heterocycles. The Morgan fingerprint density at radius 1 is 1.00 bits per heavy atom. The van der Waals surface area contributed by atoms with Crippen LogP contribution >= 0.6 is 0 Å². The molecule has 1 N–H and O–H groups in total. The second-order valence-corrected chi connectivity index (χ2v) is 5.47.